The quantitative estimate of drug-likeness (QED) is 0.938. The van der Waals surface area contributed by atoms with Crippen molar-refractivity contribution in [3.8, 4) is 0 Å². The minimum atomic E-state index is -0.0431. The molecule has 1 amide bonds. The molecule has 0 aliphatic heterocycles. The zero-order chi connectivity index (χ0) is 13.0. The SMILES string of the molecule is Cc1ncsc1CCNC(=O)c1cccc(Br)c1. The monoisotopic (exact) mass is 324 g/mol. The smallest absolute Gasteiger partial charge is 0.251 e. The van der Waals surface area contributed by atoms with E-state index >= 15 is 0 Å². The Kier molecular flexibility index (Phi) is 4.49. The average Bonchev–Trinajstić information content (AvgIpc) is 2.75. The fourth-order valence-corrected chi connectivity index (χ4v) is 2.77. The third-order valence-corrected chi connectivity index (χ3v) is 4.06. The summed E-state index contributed by atoms with van der Waals surface area (Å²) in [6.45, 7) is 2.62. The molecule has 1 aromatic heterocycles. The van der Waals surface area contributed by atoms with Crippen LogP contribution in [0.25, 0.3) is 0 Å². The molecule has 0 saturated carbocycles. The number of amides is 1. The Hall–Kier alpha value is -1.20. The molecular formula is C13H13BrN2OS. The first-order chi connectivity index (χ1) is 8.66. The molecule has 1 heterocycles. The van der Waals surface area contributed by atoms with E-state index in [1.165, 1.54) is 4.88 Å². The first-order valence-electron chi connectivity index (χ1n) is 5.59. The fourth-order valence-electron chi connectivity index (χ4n) is 1.59. The van der Waals surface area contributed by atoms with Gasteiger partial charge in [-0.1, -0.05) is 22.0 Å². The van der Waals surface area contributed by atoms with Crippen LogP contribution in [0.15, 0.2) is 34.2 Å². The summed E-state index contributed by atoms with van der Waals surface area (Å²) in [5, 5.41) is 2.91. The summed E-state index contributed by atoms with van der Waals surface area (Å²) in [6.07, 6.45) is 0.830. The standard InChI is InChI=1S/C13H13BrN2OS/c1-9-12(18-8-16-9)5-6-15-13(17)10-3-2-4-11(14)7-10/h2-4,7-8H,5-6H2,1H3,(H,15,17). The van der Waals surface area contributed by atoms with Gasteiger partial charge in [-0.2, -0.15) is 0 Å². The third kappa shape index (κ3) is 3.40. The lowest BCUT2D eigenvalue weighted by molar-refractivity contribution is 0.0954. The molecule has 0 atom stereocenters. The lowest BCUT2D eigenvalue weighted by atomic mass is 10.2. The average molecular weight is 325 g/mol. The van der Waals surface area contributed by atoms with Crippen molar-refractivity contribution in [2.75, 3.05) is 6.54 Å². The van der Waals surface area contributed by atoms with Crippen LogP contribution in [0.3, 0.4) is 0 Å². The molecule has 94 valence electrons. The molecule has 2 rings (SSSR count). The predicted molar refractivity (Wildman–Crippen MR) is 77.0 cm³/mol. The maximum absolute atomic E-state index is 11.9. The van der Waals surface area contributed by atoms with Crippen LogP contribution in [0, 0.1) is 6.92 Å². The summed E-state index contributed by atoms with van der Waals surface area (Å²) >= 11 is 4.98. The number of nitrogens with one attached hydrogen (secondary N) is 1. The number of carbonyl (C=O) groups excluding carboxylic acids is 1. The van der Waals surface area contributed by atoms with E-state index in [1.54, 1.807) is 17.4 Å². The lowest BCUT2D eigenvalue weighted by Crippen LogP contribution is -2.25. The van der Waals surface area contributed by atoms with Crippen LogP contribution in [0.2, 0.25) is 0 Å². The van der Waals surface area contributed by atoms with E-state index in [-0.39, 0.29) is 5.91 Å². The van der Waals surface area contributed by atoms with Crippen molar-refractivity contribution >= 4 is 33.2 Å². The minimum Gasteiger partial charge on any atom is -0.352 e. The Morgan fingerprint density at radius 2 is 2.33 bits per heavy atom. The van der Waals surface area contributed by atoms with Crippen LogP contribution in [0.5, 0.6) is 0 Å². The van der Waals surface area contributed by atoms with E-state index < -0.39 is 0 Å². The Morgan fingerprint density at radius 1 is 1.50 bits per heavy atom. The Balaban J connectivity index is 1.87. The van der Waals surface area contributed by atoms with E-state index in [4.69, 9.17) is 0 Å². The number of benzene rings is 1. The van der Waals surface area contributed by atoms with Crippen molar-refractivity contribution in [2.45, 2.75) is 13.3 Å². The summed E-state index contributed by atoms with van der Waals surface area (Å²) in [6, 6.07) is 7.37. The topological polar surface area (TPSA) is 42.0 Å². The van der Waals surface area contributed by atoms with Gasteiger partial charge in [-0.3, -0.25) is 4.79 Å². The molecule has 18 heavy (non-hydrogen) atoms. The van der Waals surface area contributed by atoms with Gasteiger partial charge in [-0.05, 0) is 25.1 Å². The van der Waals surface area contributed by atoms with Gasteiger partial charge < -0.3 is 5.32 Å². The van der Waals surface area contributed by atoms with E-state index in [1.807, 2.05) is 30.6 Å². The highest BCUT2D eigenvalue weighted by molar-refractivity contribution is 9.10. The van der Waals surface area contributed by atoms with Gasteiger partial charge in [0.25, 0.3) is 5.91 Å². The summed E-state index contributed by atoms with van der Waals surface area (Å²) in [7, 11) is 0. The van der Waals surface area contributed by atoms with Crippen molar-refractivity contribution in [3.63, 3.8) is 0 Å². The number of thiazole rings is 1. The second kappa shape index (κ2) is 6.11. The Labute approximate surface area is 118 Å². The van der Waals surface area contributed by atoms with Crippen LogP contribution in [0.1, 0.15) is 20.9 Å². The van der Waals surface area contributed by atoms with Crippen LogP contribution < -0.4 is 5.32 Å². The third-order valence-electron chi connectivity index (χ3n) is 2.57. The molecule has 0 bridgehead atoms. The van der Waals surface area contributed by atoms with Gasteiger partial charge in [0.1, 0.15) is 0 Å². The van der Waals surface area contributed by atoms with Gasteiger partial charge in [0, 0.05) is 27.9 Å². The second-order valence-corrected chi connectivity index (χ2v) is 5.73. The first-order valence-corrected chi connectivity index (χ1v) is 7.27. The summed E-state index contributed by atoms with van der Waals surface area (Å²) < 4.78 is 0.911. The Morgan fingerprint density at radius 3 is 3.00 bits per heavy atom. The second-order valence-electron chi connectivity index (χ2n) is 3.88. The summed E-state index contributed by atoms with van der Waals surface area (Å²) in [5.41, 5.74) is 3.56. The molecule has 0 aliphatic rings. The zero-order valence-corrected chi connectivity index (χ0v) is 12.3. The van der Waals surface area contributed by atoms with Crippen molar-refractivity contribution in [3.05, 3.63) is 50.4 Å². The van der Waals surface area contributed by atoms with Crippen LogP contribution in [0.4, 0.5) is 0 Å². The van der Waals surface area contributed by atoms with Crippen LogP contribution >= 0.6 is 27.3 Å². The number of aryl methyl sites for hydroxylation is 1. The van der Waals surface area contributed by atoms with E-state index in [9.17, 15) is 4.79 Å². The highest BCUT2D eigenvalue weighted by atomic mass is 79.9. The molecule has 5 heteroatoms. The highest BCUT2D eigenvalue weighted by Gasteiger charge is 2.06. The number of carbonyl (C=O) groups is 1. The highest BCUT2D eigenvalue weighted by Crippen LogP contribution is 2.13. The molecule has 3 nitrogen and oxygen atoms in total. The number of aromatic nitrogens is 1. The zero-order valence-electron chi connectivity index (χ0n) is 9.94. The van der Waals surface area contributed by atoms with Gasteiger partial charge in [0.05, 0.1) is 11.2 Å². The lowest BCUT2D eigenvalue weighted by Gasteiger charge is -2.05. The molecule has 0 saturated heterocycles. The fraction of sp³-hybridized carbons (Fsp3) is 0.231. The van der Waals surface area contributed by atoms with Gasteiger partial charge in [-0.15, -0.1) is 11.3 Å². The summed E-state index contributed by atoms with van der Waals surface area (Å²) in [4.78, 5) is 17.3. The molecule has 2 aromatic rings. The predicted octanol–water partition coefficient (Wildman–Crippen LogP) is 3.19. The molecule has 1 N–H and O–H groups in total. The Bertz CT molecular complexity index is 553. The number of hydrogen-bond acceptors (Lipinski definition) is 3. The van der Waals surface area contributed by atoms with Gasteiger partial charge in [-0.25, -0.2) is 4.98 Å². The van der Waals surface area contributed by atoms with Crippen LogP contribution in [-0.4, -0.2) is 17.4 Å². The molecular weight excluding hydrogens is 312 g/mol. The van der Waals surface area contributed by atoms with Crippen molar-refractivity contribution < 1.29 is 4.79 Å². The van der Waals surface area contributed by atoms with Gasteiger partial charge >= 0.3 is 0 Å². The van der Waals surface area contributed by atoms with Crippen molar-refractivity contribution in [1.29, 1.82) is 0 Å². The minimum absolute atomic E-state index is 0.0431. The summed E-state index contributed by atoms with van der Waals surface area (Å²) in [5.74, 6) is -0.0431. The normalized spacial score (nSPS) is 10.3. The molecule has 0 aliphatic carbocycles. The molecule has 0 unspecified atom stereocenters. The van der Waals surface area contributed by atoms with E-state index in [2.05, 4.69) is 26.2 Å². The molecule has 0 radical (unpaired) electrons. The van der Waals surface area contributed by atoms with Gasteiger partial charge in [0.2, 0.25) is 0 Å². The van der Waals surface area contributed by atoms with Crippen molar-refractivity contribution in [2.24, 2.45) is 0 Å². The van der Waals surface area contributed by atoms with Crippen molar-refractivity contribution in [1.82, 2.24) is 10.3 Å². The number of halogens is 1. The number of hydrogen-bond donors (Lipinski definition) is 1. The maximum Gasteiger partial charge on any atom is 0.251 e. The maximum atomic E-state index is 11.9. The first kappa shape index (κ1) is 13.2. The largest absolute Gasteiger partial charge is 0.352 e. The van der Waals surface area contributed by atoms with Crippen LogP contribution in [-0.2, 0) is 6.42 Å². The van der Waals surface area contributed by atoms with Gasteiger partial charge in [0.15, 0.2) is 0 Å². The molecule has 0 spiro atoms. The molecule has 1 aromatic carbocycles. The molecule has 0 fully saturated rings. The number of nitrogens with zero attached hydrogens (tertiary/aromatic N) is 1. The van der Waals surface area contributed by atoms with E-state index in [0.717, 1.165) is 16.6 Å². The van der Waals surface area contributed by atoms with E-state index in [0.29, 0.717) is 12.1 Å². The number of rotatable bonds is 4.